The number of carbonyl (C=O) groups is 2. The van der Waals surface area contributed by atoms with Crippen molar-refractivity contribution < 1.29 is 27.5 Å². The third kappa shape index (κ3) is 4.91. The van der Waals surface area contributed by atoms with Crippen LogP contribution in [-0.2, 0) is 22.3 Å². The minimum Gasteiger partial charge on any atom is -0.451 e. The van der Waals surface area contributed by atoms with E-state index in [1.165, 1.54) is 18.2 Å². The summed E-state index contributed by atoms with van der Waals surface area (Å²) in [5.74, 6) is -2.03. The summed E-state index contributed by atoms with van der Waals surface area (Å²) in [5.41, 5.74) is -2.34. The van der Waals surface area contributed by atoms with Crippen LogP contribution in [0.4, 0.5) is 18.9 Å². The first-order valence-corrected chi connectivity index (χ1v) is 9.83. The Bertz CT molecular complexity index is 1240. The summed E-state index contributed by atoms with van der Waals surface area (Å²) in [5, 5.41) is 6.23. The third-order valence-electron chi connectivity index (χ3n) is 4.41. The molecule has 1 amide bonds. The fourth-order valence-corrected chi connectivity index (χ4v) is 3.23. The lowest BCUT2D eigenvalue weighted by molar-refractivity contribution is -0.137. The van der Waals surface area contributed by atoms with Gasteiger partial charge in [0.15, 0.2) is 12.3 Å². The van der Waals surface area contributed by atoms with Gasteiger partial charge in [-0.05, 0) is 24.6 Å². The number of hydrogen-bond acceptors (Lipinski definition) is 5. The van der Waals surface area contributed by atoms with E-state index in [1.807, 2.05) is 12.2 Å². The Morgan fingerprint density at radius 2 is 1.81 bits per heavy atom. The quantitative estimate of drug-likeness (QED) is 0.547. The highest BCUT2D eigenvalue weighted by Gasteiger charge is 2.35. The first-order valence-electron chi connectivity index (χ1n) is 9.46. The predicted octanol–water partition coefficient (Wildman–Crippen LogP) is 4.27. The van der Waals surface area contributed by atoms with Crippen molar-refractivity contribution in [2.75, 3.05) is 11.9 Å². The van der Waals surface area contributed by atoms with E-state index in [0.717, 1.165) is 16.8 Å². The highest BCUT2D eigenvalue weighted by Crippen LogP contribution is 2.38. The van der Waals surface area contributed by atoms with Crippen molar-refractivity contribution >= 4 is 39.9 Å². The number of nitrogens with zero attached hydrogens (tertiary/aromatic N) is 2. The van der Waals surface area contributed by atoms with E-state index in [9.17, 15) is 27.6 Å². The van der Waals surface area contributed by atoms with Gasteiger partial charge in [-0.2, -0.15) is 18.3 Å². The van der Waals surface area contributed by atoms with Crippen LogP contribution in [0.5, 0.6) is 0 Å². The van der Waals surface area contributed by atoms with Crippen LogP contribution in [0.2, 0.25) is 5.02 Å². The molecule has 1 heterocycles. The number of nitrogens with one attached hydrogen (secondary N) is 1. The zero-order valence-electron chi connectivity index (χ0n) is 16.7. The number of aromatic nitrogens is 2. The van der Waals surface area contributed by atoms with Crippen molar-refractivity contribution in [2.45, 2.75) is 26.1 Å². The number of hydrogen-bond donors (Lipinski definition) is 1. The molecule has 7 nitrogen and oxygen atoms in total. The molecule has 2 aromatic carbocycles. The van der Waals surface area contributed by atoms with Gasteiger partial charge in [0.25, 0.3) is 11.5 Å². The molecular weight excluding hydrogens is 451 g/mol. The summed E-state index contributed by atoms with van der Waals surface area (Å²) in [6, 6.07) is 9.33. The van der Waals surface area contributed by atoms with Gasteiger partial charge < -0.3 is 10.1 Å². The highest BCUT2D eigenvalue weighted by atomic mass is 35.5. The molecule has 11 heteroatoms. The summed E-state index contributed by atoms with van der Waals surface area (Å²) in [7, 11) is 0. The molecule has 0 saturated heterocycles. The minimum atomic E-state index is -4.75. The van der Waals surface area contributed by atoms with E-state index in [1.54, 1.807) is 12.1 Å². The molecule has 0 atom stereocenters. The van der Waals surface area contributed by atoms with Crippen LogP contribution < -0.4 is 10.9 Å². The zero-order valence-corrected chi connectivity index (χ0v) is 17.5. The molecule has 168 valence electrons. The average Bonchev–Trinajstić information content (AvgIpc) is 2.75. The Kier molecular flexibility index (Phi) is 6.83. The first-order chi connectivity index (χ1) is 15.1. The molecule has 3 aromatic rings. The van der Waals surface area contributed by atoms with Gasteiger partial charge in [-0.3, -0.25) is 9.59 Å². The van der Waals surface area contributed by atoms with Crippen LogP contribution >= 0.6 is 11.6 Å². The predicted molar refractivity (Wildman–Crippen MR) is 112 cm³/mol. The van der Waals surface area contributed by atoms with Gasteiger partial charge in [-0.1, -0.05) is 42.8 Å². The van der Waals surface area contributed by atoms with E-state index >= 15 is 0 Å². The smallest absolute Gasteiger partial charge is 0.418 e. The van der Waals surface area contributed by atoms with Crippen LogP contribution in [0, 0.1) is 0 Å². The van der Waals surface area contributed by atoms with Gasteiger partial charge in [0.05, 0.1) is 21.7 Å². The van der Waals surface area contributed by atoms with Crippen molar-refractivity contribution in [1.82, 2.24) is 9.78 Å². The summed E-state index contributed by atoms with van der Waals surface area (Å²) in [4.78, 5) is 37.3. The minimum absolute atomic E-state index is 0.185. The van der Waals surface area contributed by atoms with Gasteiger partial charge in [-0.25, -0.2) is 9.48 Å². The standard InChI is InChI=1S/C21H17ClF3N3O4/c1-2-10-28-19(30)13-7-4-3-6-12(13)17(27-28)20(31)32-11-16(29)26-18-14(21(23,24)25)8-5-9-15(18)22/h3-9H,2,10-11H2,1H3,(H,26,29). The Hall–Kier alpha value is -3.40. The molecule has 0 unspecified atom stereocenters. The van der Waals surface area contributed by atoms with Crippen LogP contribution in [0.25, 0.3) is 10.8 Å². The third-order valence-corrected chi connectivity index (χ3v) is 4.73. The van der Waals surface area contributed by atoms with Crippen molar-refractivity contribution in [2.24, 2.45) is 0 Å². The van der Waals surface area contributed by atoms with Crippen molar-refractivity contribution in [3.05, 3.63) is 69.1 Å². The fourth-order valence-electron chi connectivity index (χ4n) is 3.01. The Morgan fingerprint density at radius 3 is 2.47 bits per heavy atom. The van der Waals surface area contributed by atoms with Crippen LogP contribution in [0.15, 0.2) is 47.3 Å². The number of esters is 1. The van der Waals surface area contributed by atoms with E-state index in [2.05, 4.69) is 5.10 Å². The number of rotatable bonds is 6. The second-order valence-corrected chi connectivity index (χ2v) is 7.11. The Labute approximate surface area is 184 Å². The Balaban J connectivity index is 1.82. The maximum atomic E-state index is 13.2. The molecule has 0 bridgehead atoms. The number of halogens is 4. The number of amides is 1. The Morgan fingerprint density at radius 1 is 1.12 bits per heavy atom. The molecule has 0 spiro atoms. The number of alkyl halides is 3. The number of ether oxygens (including phenoxy) is 1. The molecule has 1 aromatic heterocycles. The molecular formula is C21H17ClF3N3O4. The number of anilines is 1. The lowest BCUT2D eigenvalue weighted by Gasteiger charge is -2.15. The number of fused-ring (bicyclic) bond motifs is 1. The molecule has 0 fully saturated rings. The molecule has 3 rings (SSSR count). The van der Waals surface area contributed by atoms with Crippen LogP contribution in [0.1, 0.15) is 29.4 Å². The van der Waals surface area contributed by atoms with E-state index < -0.39 is 35.9 Å². The van der Waals surface area contributed by atoms with Crippen LogP contribution in [-0.4, -0.2) is 28.3 Å². The van der Waals surface area contributed by atoms with Gasteiger partial charge in [0.2, 0.25) is 0 Å². The molecule has 0 aliphatic heterocycles. The summed E-state index contributed by atoms with van der Waals surface area (Å²) in [6.07, 6.45) is -4.17. The molecule has 0 radical (unpaired) electrons. The lowest BCUT2D eigenvalue weighted by atomic mass is 10.1. The number of para-hydroxylation sites is 1. The van der Waals surface area contributed by atoms with E-state index in [4.69, 9.17) is 16.3 Å². The number of benzene rings is 2. The molecule has 0 aliphatic rings. The van der Waals surface area contributed by atoms with Crippen molar-refractivity contribution in [1.29, 1.82) is 0 Å². The highest BCUT2D eigenvalue weighted by molar-refractivity contribution is 6.34. The lowest BCUT2D eigenvalue weighted by Crippen LogP contribution is -2.28. The fraction of sp³-hybridized carbons (Fsp3) is 0.238. The maximum Gasteiger partial charge on any atom is 0.418 e. The zero-order chi connectivity index (χ0) is 23.5. The van der Waals surface area contributed by atoms with Gasteiger partial charge in [0.1, 0.15) is 0 Å². The van der Waals surface area contributed by atoms with Crippen LogP contribution in [0.3, 0.4) is 0 Å². The van der Waals surface area contributed by atoms with E-state index in [-0.39, 0.29) is 33.6 Å². The van der Waals surface area contributed by atoms with Crippen molar-refractivity contribution in [3.8, 4) is 0 Å². The SMILES string of the molecule is CCCn1nc(C(=O)OCC(=O)Nc2c(Cl)cccc2C(F)(F)F)c2ccccc2c1=O. The maximum absolute atomic E-state index is 13.2. The monoisotopic (exact) mass is 467 g/mol. The second kappa shape index (κ2) is 9.39. The van der Waals surface area contributed by atoms with Gasteiger partial charge in [0, 0.05) is 11.9 Å². The molecule has 1 N–H and O–H groups in total. The topological polar surface area (TPSA) is 90.3 Å². The van der Waals surface area contributed by atoms with E-state index in [0.29, 0.717) is 6.42 Å². The second-order valence-electron chi connectivity index (χ2n) is 6.71. The molecule has 0 aliphatic carbocycles. The average molecular weight is 468 g/mol. The van der Waals surface area contributed by atoms with Crippen molar-refractivity contribution in [3.63, 3.8) is 0 Å². The van der Waals surface area contributed by atoms with Gasteiger partial charge >= 0.3 is 12.1 Å². The summed E-state index contributed by atoms with van der Waals surface area (Å²) >= 11 is 5.80. The molecule has 0 saturated carbocycles. The number of carbonyl (C=O) groups excluding carboxylic acids is 2. The molecule has 32 heavy (non-hydrogen) atoms. The largest absolute Gasteiger partial charge is 0.451 e. The summed E-state index contributed by atoms with van der Waals surface area (Å²) < 4.78 is 45.6. The number of aryl methyl sites for hydroxylation is 1. The summed E-state index contributed by atoms with van der Waals surface area (Å²) in [6.45, 7) is 1.21. The van der Waals surface area contributed by atoms with Gasteiger partial charge in [-0.15, -0.1) is 0 Å². The normalized spacial score (nSPS) is 11.4. The first kappa shape index (κ1) is 23.3.